The molecule has 2 aliphatic rings. The van der Waals surface area contributed by atoms with Gasteiger partial charge in [-0.15, -0.1) is 11.3 Å². The number of hydrogen-bond donors (Lipinski definition) is 5. The number of fused-ring (bicyclic) bond motifs is 3. The number of nitrogens with one attached hydrogen (secondary N) is 3. The summed E-state index contributed by atoms with van der Waals surface area (Å²) in [6, 6.07) is 9.86. The summed E-state index contributed by atoms with van der Waals surface area (Å²) in [5.41, 5.74) is 9.91. The highest BCUT2D eigenvalue weighted by molar-refractivity contribution is 7.10. The molecule has 5 rings (SSSR count). The molecule has 1 saturated heterocycles. The van der Waals surface area contributed by atoms with Crippen LogP contribution in [0.15, 0.2) is 53.9 Å². The molecule has 3 aromatic rings. The highest BCUT2D eigenvalue weighted by Crippen LogP contribution is 2.50. The van der Waals surface area contributed by atoms with E-state index in [0.717, 1.165) is 9.78 Å². The number of nitrogen functional groups attached to an aromatic ring is 1. The van der Waals surface area contributed by atoms with Gasteiger partial charge in [-0.3, -0.25) is 19.8 Å². The summed E-state index contributed by atoms with van der Waals surface area (Å²) < 4.78 is 45.0. The number of halogens is 3. The number of benzene rings is 2. The average Bonchev–Trinajstić information content (AvgIpc) is 3.66. The van der Waals surface area contributed by atoms with Crippen molar-refractivity contribution in [3.8, 4) is 11.1 Å². The monoisotopic (exact) mass is 598 g/mol. The van der Waals surface area contributed by atoms with E-state index in [9.17, 15) is 23.2 Å². The number of carbonyl (C=O) groups excluding carboxylic acids is 3. The first-order chi connectivity index (χ1) is 19.8. The van der Waals surface area contributed by atoms with Crippen molar-refractivity contribution in [2.75, 3.05) is 19.6 Å². The van der Waals surface area contributed by atoms with Gasteiger partial charge in [0.25, 0.3) is 11.8 Å². The SMILES string of the molecule is CC(NC(=O)[C@@H]1C[C@](F)(CN)CN1C(=O)CNC(=O)c1ccc2c(c1)-c1ccccc1C2(F)F)c1cc(C(=N)N)cs1. The topological polar surface area (TPSA) is 154 Å². The molecule has 0 bridgehead atoms. The molecule has 220 valence electrons. The highest BCUT2D eigenvalue weighted by atomic mass is 32.1. The van der Waals surface area contributed by atoms with Crippen molar-refractivity contribution in [3.05, 3.63) is 81.0 Å². The Labute approximate surface area is 243 Å². The summed E-state index contributed by atoms with van der Waals surface area (Å²) in [6.07, 6.45) is -0.316. The van der Waals surface area contributed by atoms with Crippen molar-refractivity contribution in [2.45, 2.75) is 37.0 Å². The third-order valence-electron chi connectivity index (χ3n) is 7.67. The van der Waals surface area contributed by atoms with Crippen LogP contribution in [0.4, 0.5) is 13.2 Å². The van der Waals surface area contributed by atoms with Crippen molar-refractivity contribution < 1.29 is 27.6 Å². The van der Waals surface area contributed by atoms with E-state index in [4.69, 9.17) is 16.9 Å². The standard InChI is InChI=1S/C29H29F3N6O3S/c1-15(23-9-17(12-42-23)25(34)35)37-27(41)22-10-28(30,13-33)14-38(22)24(39)11-36-26(40)16-6-7-21-19(8-16)18-4-2-3-5-20(18)29(21,31)32/h2-9,12,15,22H,10-11,13-14,33H2,1H3,(H3,34,35)(H,36,40)(H,37,41)/t15?,22-,28-/m0/s1. The molecule has 1 unspecified atom stereocenters. The van der Waals surface area contributed by atoms with E-state index in [-0.39, 0.29) is 34.5 Å². The number of likely N-dealkylation sites (tertiary alicyclic amines) is 1. The van der Waals surface area contributed by atoms with E-state index in [1.165, 1.54) is 41.7 Å². The number of amides is 3. The second-order valence-electron chi connectivity index (χ2n) is 10.5. The summed E-state index contributed by atoms with van der Waals surface area (Å²) in [5.74, 6) is -5.28. The number of amidine groups is 1. The summed E-state index contributed by atoms with van der Waals surface area (Å²) in [6.45, 7) is 0.334. The molecule has 0 spiro atoms. The van der Waals surface area contributed by atoms with Gasteiger partial charge < -0.3 is 27.0 Å². The second-order valence-corrected chi connectivity index (χ2v) is 11.5. The van der Waals surface area contributed by atoms with Gasteiger partial charge in [0.2, 0.25) is 11.8 Å². The Morgan fingerprint density at radius 3 is 2.50 bits per heavy atom. The fourth-order valence-corrected chi connectivity index (χ4v) is 6.28. The van der Waals surface area contributed by atoms with Crippen molar-refractivity contribution in [3.63, 3.8) is 0 Å². The van der Waals surface area contributed by atoms with Crippen LogP contribution in [0.3, 0.4) is 0 Å². The summed E-state index contributed by atoms with van der Waals surface area (Å²) in [7, 11) is 0. The number of thiophene rings is 1. The smallest absolute Gasteiger partial charge is 0.299 e. The first-order valence-corrected chi connectivity index (χ1v) is 14.0. The van der Waals surface area contributed by atoms with E-state index in [2.05, 4.69) is 10.6 Å². The maximum absolute atomic E-state index is 15.3. The maximum atomic E-state index is 15.3. The molecule has 9 nitrogen and oxygen atoms in total. The van der Waals surface area contributed by atoms with E-state index in [1.54, 1.807) is 30.5 Å². The van der Waals surface area contributed by atoms with Gasteiger partial charge in [-0.2, -0.15) is 8.78 Å². The normalized spacial score (nSPS) is 20.9. The summed E-state index contributed by atoms with van der Waals surface area (Å²) in [4.78, 5) is 41.0. The van der Waals surface area contributed by atoms with Crippen molar-refractivity contribution in [1.29, 1.82) is 5.41 Å². The number of carbonyl (C=O) groups is 3. The van der Waals surface area contributed by atoms with Gasteiger partial charge >= 0.3 is 0 Å². The van der Waals surface area contributed by atoms with Gasteiger partial charge in [-0.25, -0.2) is 4.39 Å². The van der Waals surface area contributed by atoms with Crippen LogP contribution in [-0.4, -0.2) is 59.8 Å². The van der Waals surface area contributed by atoms with Gasteiger partial charge in [0.05, 0.1) is 19.1 Å². The Bertz CT molecular complexity index is 1590. The molecule has 1 fully saturated rings. The van der Waals surface area contributed by atoms with E-state index >= 15 is 4.39 Å². The predicted molar refractivity (Wildman–Crippen MR) is 152 cm³/mol. The molecule has 3 atom stereocenters. The number of alkyl halides is 3. The molecule has 0 saturated carbocycles. The molecule has 2 heterocycles. The number of nitrogens with zero attached hydrogens (tertiary/aromatic N) is 1. The predicted octanol–water partition coefficient (Wildman–Crippen LogP) is 3.03. The van der Waals surface area contributed by atoms with Crippen LogP contribution in [0.25, 0.3) is 11.1 Å². The second kappa shape index (κ2) is 10.9. The largest absolute Gasteiger partial charge is 0.384 e. The van der Waals surface area contributed by atoms with Crippen LogP contribution in [0, 0.1) is 5.41 Å². The lowest BCUT2D eigenvalue weighted by atomic mass is 10.0. The fraction of sp³-hybridized carbons (Fsp3) is 0.310. The highest BCUT2D eigenvalue weighted by Gasteiger charge is 2.49. The quantitative estimate of drug-likeness (QED) is 0.199. The first-order valence-electron chi connectivity index (χ1n) is 13.2. The Morgan fingerprint density at radius 2 is 1.81 bits per heavy atom. The van der Waals surface area contributed by atoms with Crippen LogP contribution in [0.5, 0.6) is 0 Å². The molecule has 1 aliphatic carbocycles. The average molecular weight is 599 g/mol. The molecule has 7 N–H and O–H groups in total. The lowest BCUT2D eigenvalue weighted by Gasteiger charge is -2.25. The summed E-state index contributed by atoms with van der Waals surface area (Å²) >= 11 is 1.30. The molecule has 42 heavy (non-hydrogen) atoms. The molecule has 3 amide bonds. The minimum Gasteiger partial charge on any atom is -0.384 e. The lowest BCUT2D eigenvalue weighted by Crippen LogP contribution is -2.49. The van der Waals surface area contributed by atoms with E-state index < -0.39 is 61.0 Å². The van der Waals surface area contributed by atoms with Gasteiger partial charge in [-0.05, 0) is 36.2 Å². The van der Waals surface area contributed by atoms with Crippen LogP contribution in [0.2, 0.25) is 0 Å². The molecule has 1 aromatic heterocycles. The number of nitrogens with two attached hydrogens (primary N) is 2. The van der Waals surface area contributed by atoms with Crippen LogP contribution in [-0.2, 0) is 15.5 Å². The van der Waals surface area contributed by atoms with Gasteiger partial charge in [0.15, 0.2) is 0 Å². The van der Waals surface area contributed by atoms with Gasteiger partial charge in [-0.1, -0.05) is 30.3 Å². The number of hydrogen-bond acceptors (Lipinski definition) is 6. The number of rotatable bonds is 8. The van der Waals surface area contributed by atoms with Crippen molar-refractivity contribution in [2.24, 2.45) is 11.5 Å². The molecule has 13 heteroatoms. The van der Waals surface area contributed by atoms with Gasteiger partial charge in [0, 0.05) is 45.5 Å². The maximum Gasteiger partial charge on any atom is 0.299 e. The minimum atomic E-state index is -3.19. The molecular formula is C29H29F3N6O3S. The Kier molecular flexibility index (Phi) is 7.58. The van der Waals surface area contributed by atoms with Gasteiger partial charge in [0.1, 0.15) is 17.5 Å². The zero-order valence-electron chi connectivity index (χ0n) is 22.5. The molecule has 2 aromatic carbocycles. The molecule has 0 radical (unpaired) electrons. The molecular weight excluding hydrogens is 569 g/mol. The van der Waals surface area contributed by atoms with Crippen LogP contribution in [0.1, 0.15) is 51.3 Å². The Balaban J connectivity index is 1.27. The van der Waals surface area contributed by atoms with E-state index in [0.29, 0.717) is 11.1 Å². The van der Waals surface area contributed by atoms with Crippen LogP contribution < -0.4 is 22.1 Å². The third-order valence-corrected chi connectivity index (χ3v) is 8.79. The van der Waals surface area contributed by atoms with Crippen molar-refractivity contribution in [1.82, 2.24) is 15.5 Å². The summed E-state index contributed by atoms with van der Waals surface area (Å²) in [5, 5.41) is 14.5. The molecule has 1 aliphatic heterocycles. The minimum absolute atomic E-state index is 0.0706. The van der Waals surface area contributed by atoms with Crippen LogP contribution >= 0.6 is 11.3 Å². The zero-order chi connectivity index (χ0) is 30.4. The lowest BCUT2D eigenvalue weighted by molar-refractivity contribution is -0.138. The first kappa shape index (κ1) is 29.3. The Hall–Kier alpha value is -4.23. The fourth-order valence-electron chi connectivity index (χ4n) is 5.36. The van der Waals surface area contributed by atoms with Crippen molar-refractivity contribution >= 4 is 34.9 Å². The van der Waals surface area contributed by atoms with E-state index in [1.807, 2.05) is 0 Å². The zero-order valence-corrected chi connectivity index (χ0v) is 23.4. The Morgan fingerprint density at radius 1 is 1.10 bits per heavy atom. The third kappa shape index (κ3) is 5.25.